The van der Waals surface area contributed by atoms with Crippen molar-refractivity contribution in [1.29, 1.82) is 0 Å². The molecule has 2 aromatic rings. The maximum Gasteiger partial charge on any atom is 0.0548 e. The van der Waals surface area contributed by atoms with Gasteiger partial charge in [0, 0.05) is 19.7 Å². The molecule has 2 rings (SSSR count). The smallest absolute Gasteiger partial charge is 0.0548 e. The molecule has 0 aliphatic heterocycles. The van der Waals surface area contributed by atoms with Gasteiger partial charge in [0.2, 0.25) is 0 Å². The quantitative estimate of drug-likeness (QED) is 0.577. The lowest BCUT2D eigenvalue weighted by molar-refractivity contribution is 0.440. The van der Waals surface area contributed by atoms with Gasteiger partial charge in [-0.15, -0.1) is 0 Å². The molecule has 2 heteroatoms. The molecule has 0 amide bonds. The molecule has 0 saturated carbocycles. The normalized spacial score (nSPS) is 10.7. The molecule has 0 heterocycles. The molecule has 0 atom stereocenters. The summed E-state index contributed by atoms with van der Waals surface area (Å²) in [6, 6.07) is 18.6. The van der Waals surface area contributed by atoms with Crippen LogP contribution in [0, 0.1) is 0 Å². The Balaban J connectivity index is 2.41. The van der Waals surface area contributed by atoms with E-state index in [0.29, 0.717) is 0 Å². The zero-order valence-electron chi connectivity index (χ0n) is 10.2. The van der Waals surface area contributed by atoms with Crippen molar-refractivity contribution in [3.05, 3.63) is 60.2 Å². The summed E-state index contributed by atoms with van der Waals surface area (Å²) in [5, 5.41) is 6.08. The first kappa shape index (κ1) is 11.4. The Morgan fingerprint density at radius 3 is 2.24 bits per heavy atom. The Bertz CT molecular complexity index is 501. The third-order valence-corrected chi connectivity index (χ3v) is 2.47. The molecule has 0 unspecified atom stereocenters. The summed E-state index contributed by atoms with van der Waals surface area (Å²) in [5.41, 5.74) is 3.56. The number of benzene rings is 2. The van der Waals surface area contributed by atoms with E-state index in [2.05, 4.69) is 47.6 Å². The van der Waals surface area contributed by atoms with Crippen LogP contribution in [0.1, 0.15) is 5.56 Å². The molecule has 86 valence electrons. The fourth-order valence-corrected chi connectivity index (χ4v) is 1.67. The van der Waals surface area contributed by atoms with Crippen molar-refractivity contribution in [2.24, 2.45) is 5.10 Å². The average Bonchev–Trinajstić information content (AvgIpc) is 2.38. The van der Waals surface area contributed by atoms with E-state index in [1.165, 1.54) is 11.1 Å². The van der Waals surface area contributed by atoms with Crippen LogP contribution in [0.25, 0.3) is 11.1 Å². The Morgan fingerprint density at radius 2 is 1.53 bits per heavy atom. The van der Waals surface area contributed by atoms with E-state index >= 15 is 0 Å². The first-order valence-corrected chi connectivity index (χ1v) is 5.63. The van der Waals surface area contributed by atoms with E-state index in [1.807, 2.05) is 32.4 Å². The van der Waals surface area contributed by atoms with Gasteiger partial charge in [-0.25, -0.2) is 0 Å². The number of hydrogen-bond donors (Lipinski definition) is 0. The van der Waals surface area contributed by atoms with E-state index in [-0.39, 0.29) is 0 Å². The molecule has 0 bridgehead atoms. The summed E-state index contributed by atoms with van der Waals surface area (Å²) in [4.78, 5) is 0. The second kappa shape index (κ2) is 5.30. The molecule has 0 aromatic heterocycles. The first-order chi connectivity index (χ1) is 8.27. The minimum atomic E-state index is 1.13. The van der Waals surface area contributed by atoms with Crippen LogP contribution in [0.3, 0.4) is 0 Å². The maximum atomic E-state index is 4.29. The highest BCUT2D eigenvalue weighted by Gasteiger charge is 2.01. The number of hydrogen-bond acceptors (Lipinski definition) is 2. The summed E-state index contributed by atoms with van der Waals surface area (Å²) in [5.74, 6) is 0. The molecule has 0 N–H and O–H groups in total. The van der Waals surface area contributed by atoms with Crippen LogP contribution in [-0.2, 0) is 0 Å². The van der Waals surface area contributed by atoms with E-state index < -0.39 is 0 Å². The SMILES string of the molecule is CN(C)/N=C/c1ccccc1-c1ccccc1. The summed E-state index contributed by atoms with van der Waals surface area (Å²) in [6.45, 7) is 0. The standard InChI is InChI=1S/C15H16N2/c1-17(2)16-12-14-10-6-7-11-15(14)13-8-4-3-5-9-13/h3-12H,1-2H3/b16-12+. The summed E-state index contributed by atoms with van der Waals surface area (Å²) < 4.78 is 0. The van der Waals surface area contributed by atoms with Crippen molar-refractivity contribution in [2.45, 2.75) is 0 Å². The van der Waals surface area contributed by atoms with Gasteiger partial charge in [0.05, 0.1) is 6.21 Å². The second-order valence-electron chi connectivity index (χ2n) is 4.05. The van der Waals surface area contributed by atoms with Crippen molar-refractivity contribution in [2.75, 3.05) is 14.1 Å². The van der Waals surface area contributed by atoms with Gasteiger partial charge in [-0.05, 0) is 11.1 Å². The molecule has 17 heavy (non-hydrogen) atoms. The van der Waals surface area contributed by atoms with Gasteiger partial charge in [-0.2, -0.15) is 5.10 Å². The largest absolute Gasteiger partial charge is 0.303 e. The minimum absolute atomic E-state index is 1.13. The highest BCUT2D eigenvalue weighted by molar-refractivity contribution is 5.90. The number of hydrazone groups is 1. The van der Waals surface area contributed by atoms with Crippen LogP contribution in [0.5, 0.6) is 0 Å². The highest BCUT2D eigenvalue weighted by Crippen LogP contribution is 2.21. The second-order valence-corrected chi connectivity index (χ2v) is 4.05. The van der Waals surface area contributed by atoms with Crippen molar-refractivity contribution in [1.82, 2.24) is 5.01 Å². The van der Waals surface area contributed by atoms with Gasteiger partial charge in [0.15, 0.2) is 0 Å². The highest BCUT2D eigenvalue weighted by atomic mass is 15.4. The topological polar surface area (TPSA) is 15.6 Å². The molecule has 0 saturated heterocycles. The molecular formula is C15H16N2. The minimum Gasteiger partial charge on any atom is -0.303 e. The lowest BCUT2D eigenvalue weighted by atomic mass is 10.0. The number of nitrogens with zero attached hydrogens (tertiary/aromatic N) is 2. The fraction of sp³-hybridized carbons (Fsp3) is 0.133. The zero-order valence-corrected chi connectivity index (χ0v) is 10.2. The molecule has 0 aliphatic carbocycles. The summed E-state index contributed by atoms with van der Waals surface area (Å²) in [7, 11) is 3.84. The van der Waals surface area contributed by atoms with Crippen LogP contribution in [0.15, 0.2) is 59.7 Å². The number of rotatable bonds is 3. The summed E-state index contributed by atoms with van der Waals surface area (Å²) in [6.07, 6.45) is 1.89. The Kier molecular flexibility index (Phi) is 3.55. The molecule has 0 aliphatic rings. The Morgan fingerprint density at radius 1 is 0.882 bits per heavy atom. The van der Waals surface area contributed by atoms with E-state index in [1.54, 1.807) is 5.01 Å². The zero-order chi connectivity index (χ0) is 12.1. The fourth-order valence-electron chi connectivity index (χ4n) is 1.67. The van der Waals surface area contributed by atoms with Gasteiger partial charge in [0.1, 0.15) is 0 Å². The molecular weight excluding hydrogens is 208 g/mol. The van der Waals surface area contributed by atoms with Gasteiger partial charge < -0.3 is 5.01 Å². The maximum absolute atomic E-state index is 4.29. The molecule has 2 aromatic carbocycles. The van der Waals surface area contributed by atoms with Crippen LogP contribution in [-0.4, -0.2) is 25.3 Å². The predicted molar refractivity (Wildman–Crippen MR) is 73.2 cm³/mol. The molecule has 0 fully saturated rings. The lowest BCUT2D eigenvalue weighted by Gasteiger charge is -2.07. The van der Waals surface area contributed by atoms with Gasteiger partial charge >= 0.3 is 0 Å². The van der Waals surface area contributed by atoms with Crippen LogP contribution >= 0.6 is 0 Å². The lowest BCUT2D eigenvalue weighted by Crippen LogP contribution is -2.02. The first-order valence-electron chi connectivity index (χ1n) is 5.63. The Hall–Kier alpha value is -2.09. The van der Waals surface area contributed by atoms with Gasteiger partial charge in [-0.3, -0.25) is 0 Å². The predicted octanol–water partition coefficient (Wildman–Crippen LogP) is 3.25. The van der Waals surface area contributed by atoms with Crippen molar-refractivity contribution in [3.8, 4) is 11.1 Å². The third-order valence-electron chi connectivity index (χ3n) is 2.47. The van der Waals surface area contributed by atoms with Crippen molar-refractivity contribution in [3.63, 3.8) is 0 Å². The van der Waals surface area contributed by atoms with E-state index in [9.17, 15) is 0 Å². The van der Waals surface area contributed by atoms with Gasteiger partial charge in [-0.1, -0.05) is 54.6 Å². The molecule has 2 nitrogen and oxygen atoms in total. The molecule has 0 spiro atoms. The Labute approximate surface area is 102 Å². The van der Waals surface area contributed by atoms with Crippen LogP contribution < -0.4 is 0 Å². The van der Waals surface area contributed by atoms with Crippen molar-refractivity contribution >= 4 is 6.21 Å². The van der Waals surface area contributed by atoms with E-state index in [0.717, 1.165) is 5.56 Å². The van der Waals surface area contributed by atoms with Crippen molar-refractivity contribution < 1.29 is 0 Å². The van der Waals surface area contributed by atoms with Gasteiger partial charge in [0.25, 0.3) is 0 Å². The average molecular weight is 224 g/mol. The van der Waals surface area contributed by atoms with Crippen LogP contribution in [0.2, 0.25) is 0 Å². The summed E-state index contributed by atoms with van der Waals surface area (Å²) >= 11 is 0. The van der Waals surface area contributed by atoms with E-state index in [4.69, 9.17) is 0 Å². The van der Waals surface area contributed by atoms with Crippen LogP contribution in [0.4, 0.5) is 0 Å². The monoisotopic (exact) mass is 224 g/mol. The molecule has 0 radical (unpaired) electrons. The third kappa shape index (κ3) is 2.94.